The summed E-state index contributed by atoms with van der Waals surface area (Å²) in [5, 5.41) is 0. The largest absolute Gasteiger partial charge is 0.377 e. The van der Waals surface area contributed by atoms with Crippen molar-refractivity contribution in [3.05, 3.63) is 18.7 Å². The van der Waals surface area contributed by atoms with Crippen molar-refractivity contribution < 1.29 is 4.74 Å². The molecule has 0 bridgehead atoms. The van der Waals surface area contributed by atoms with Crippen LogP contribution in [0.3, 0.4) is 0 Å². The smallest absolute Gasteiger partial charge is 0.0945 e. The molecule has 1 atom stereocenters. The van der Waals surface area contributed by atoms with Gasteiger partial charge >= 0.3 is 0 Å². The van der Waals surface area contributed by atoms with E-state index in [9.17, 15) is 0 Å². The molecule has 2 fully saturated rings. The van der Waals surface area contributed by atoms with Crippen LogP contribution in [0.4, 0.5) is 0 Å². The first-order chi connectivity index (χ1) is 9.40. The highest BCUT2D eigenvalue weighted by atomic mass is 16.5. The molecule has 4 heteroatoms. The van der Waals surface area contributed by atoms with E-state index in [-0.39, 0.29) is 0 Å². The Labute approximate surface area is 115 Å². The molecule has 1 aromatic rings. The summed E-state index contributed by atoms with van der Waals surface area (Å²) in [6.07, 6.45) is 12.9. The molecule has 1 aromatic heterocycles. The van der Waals surface area contributed by atoms with Crippen LogP contribution in [0.1, 0.15) is 32.1 Å². The molecule has 0 N–H and O–H groups in total. The van der Waals surface area contributed by atoms with Crippen molar-refractivity contribution in [1.82, 2.24) is 14.5 Å². The lowest BCUT2D eigenvalue weighted by atomic mass is 9.96. The molecule has 2 saturated heterocycles. The van der Waals surface area contributed by atoms with Gasteiger partial charge in [0.15, 0.2) is 0 Å². The second-order valence-corrected chi connectivity index (χ2v) is 5.99. The van der Waals surface area contributed by atoms with E-state index >= 15 is 0 Å². The summed E-state index contributed by atoms with van der Waals surface area (Å²) in [7, 11) is 0. The van der Waals surface area contributed by atoms with Gasteiger partial charge in [-0.3, -0.25) is 0 Å². The first-order valence-corrected chi connectivity index (χ1v) is 7.70. The fraction of sp³-hybridized carbons (Fsp3) is 0.800. The minimum atomic E-state index is 0.499. The van der Waals surface area contributed by atoms with Crippen molar-refractivity contribution in [2.45, 2.75) is 44.8 Å². The molecule has 1 unspecified atom stereocenters. The third kappa shape index (κ3) is 3.80. The van der Waals surface area contributed by atoms with E-state index in [1.807, 2.05) is 12.5 Å². The fourth-order valence-electron chi connectivity index (χ4n) is 3.28. The van der Waals surface area contributed by atoms with Gasteiger partial charge in [-0.15, -0.1) is 0 Å². The molecule has 0 aromatic carbocycles. The number of hydrogen-bond donors (Lipinski definition) is 0. The van der Waals surface area contributed by atoms with Gasteiger partial charge in [0.05, 0.1) is 12.4 Å². The Bertz CT molecular complexity index is 351. The van der Waals surface area contributed by atoms with E-state index < -0.39 is 0 Å². The van der Waals surface area contributed by atoms with Crippen LogP contribution >= 0.6 is 0 Å². The van der Waals surface area contributed by atoms with Gasteiger partial charge in [0, 0.05) is 32.1 Å². The van der Waals surface area contributed by atoms with Gasteiger partial charge in [-0.1, -0.05) is 0 Å². The van der Waals surface area contributed by atoms with Gasteiger partial charge in [-0.05, 0) is 51.1 Å². The third-order valence-corrected chi connectivity index (χ3v) is 4.47. The number of rotatable bonds is 4. The number of hydrogen-bond acceptors (Lipinski definition) is 3. The Hall–Kier alpha value is -0.870. The second kappa shape index (κ2) is 6.53. The summed E-state index contributed by atoms with van der Waals surface area (Å²) < 4.78 is 8.05. The summed E-state index contributed by atoms with van der Waals surface area (Å²) in [5.41, 5.74) is 0. The summed E-state index contributed by atoms with van der Waals surface area (Å²) in [4.78, 5) is 6.71. The molecule has 106 valence electrons. The molecular weight excluding hydrogens is 238 g/mol. The molecule has 0 radical (unpaired) electrons. The monoisotopic (exact) mass is 263 g/mol. The highest BCUT2D eigenvalue weighted by Crippen LogP contribution is 2.21. The normalized spacial score (nSPS) is 26.6. The van der Waals surface area contributed by atoms with E-state index in [1.54, 1.807) is 0 Å². The lowest BCUT2D eigenvalue weighted by Crippen LogP contribution is -2.41. The molecule has 2 aliphatic heterocycles. The number of likely N-dealkylation sites (tertiary alicyclic amines) is 1. The van der Waals surface area contributed by atoms with Crippen LogP contribution in [-0.4, -0.2) is 46.8 Å². The number of piperidine rings is 1. The third-order valence-electron chi connectivity index (χ3n) is 4.47. The van der Waals surface area contributed by atoms with Crippen LogP contribution in [-0.2, 0) is 11.3 Å². The van der Waals surface area contributed by atoms with E-state index in [0.29, 0.717) is 6.10 Å². The Morgan fingerprint density at radius 2 is 2.00 bits per heavy atom. The van der Waals surface area contributed by atoms with Crippen molar-refractivity contribution >= 4 is 0 Å². The van der Waals surface area contributed by atoms with Crippen LogP contribution in [0.2, 0.25) is 0 Å². The average molecular weight is 263 g/mol. The van der Waals surface area contributed by atoms with E-state index in [2.05, 4.69) is 20.6 Å². The molecule has 4 nitrogen and oxygen atoms in total. The average Bonchev–Trinajstić information content (AvgIpc) is 2.95. The topological polar surface area (TPSA) is 30.3 Å². The number of aromatic nitrogens is 2. The summed E-state index contributed by atoms with van der Waals surface area (Å²) in [6, 6.07) is 0. The van der Waals surface area contributed by atoms with Crippen molar-refractivity contribution in [3.63, 3.8) is 0 Å². The predicted octanol–water partition coefficient (Wildman–Crippen LogP) is 2.16. The molecule has 19 heavy (non-hydrogen) atoms. The number of nitrogens with zero attached hydrogens (tertiary/aromatic N) is 3. The molecule has 0 amide bonds. The maximum atomic E-state index is 5.84. The highest BCUT2D eigenvalue weighted by Gasteiger charge is 2.23. The number of imidazole rings is 1. The highest BCUT2D eigenvalue weighted by molar-refractivity contribution is 4.80. The van der Waals surface area contributed by atoms with Gasteiger partial charge in [0.25, 0.3) is 0 Å². The second-order valence-electron chi connectivity index (χ2n) is 5.99. The molecule has 0 aliphatic carbocycles. The van der Waals surface area contributed by atoms with Gasteiger partial charge in [0.1, 0.15) is 0 Å². The minimum Gasteiger partial charge on any atom is -0.377 e. The van der Waals surface area contributed by atoms with Crippen LogP contribution in [0.25, 0.3) is 0 Å². The maximum Gasteiger partial charge on any atom is 0.0945 e. The fourth-order valence-corrected chi connectivity index (χ4v) is 3.28. The minimum absolute atomic E-state index is 0.499. The Morgan fingerprint density at radius 3 is 2.68 bits per heavy atom. The Morgan fingerprint density at radius 1 is 1.11 bits per heavy atom. The summed E-state index contributed by atoms with van der Waals surface area (Å²) in [6.45, 7) is 5.73. The van der Waals surface area contributed by atoms with Gasteiger partial charge < -0.3 is 14.2 Å². The van der Waals surface area contributed by atoms with Gasteiger partial charge in [-0.25, -0.2) is 4.98 Å². The van der Waals surface area contributed by atoms with Crippen molar-refractivity contribution in [2.75, 3.05) is 26.2 Å². The Balaban J connectivity index is 1.39. The molecule has 0 spiro atoms. The van der Waals surface area contributed by atoms with E-state index in [1.165, 1.54) is 45.2 Å². The Kier molecular flexibility index (Phi) is 4.51. The van der Waals surface area contributed by atoms with Crippen molar-refractivity contribution in [2.24, 2.45) is 5.92 Å². The van der Waals surface area contributed by atoms with Crippen molar-refractivity contribution in [1.29, 1.82) is 0 Å². The summed E-state index contributed by atoms with van der Waals surface area (Å²) >= 11 is 0. The van der Waals surface area contributed by atoms with E-state index in [0.717, 1.165) is 25.6 Å². The van der Waals surface area contributed by atoms with Crippen LogP contribution in [0, 0.1) is 5.92 Å². The standard InChI is InChI=1S/C15H25N3O/c1-2-10-19-15(3-1)12-17-7-4-14(5-8-17)11-18-9-6-16-13-18/h6,9,13-15H,1-5,7-8,10-12H2. The van der Waals surface area contributed by atoms with Crippen LogP contribution < -0.4 is 0 Å². The first-order valence-electron chi connectivity index (χ1n) is 7.70. The number of ether oxygens (including phenoxy) is 1. The van der Waals surface area contributed by atoms with E-state index in [4.69, 9.17) is 4.74 Å². The van der Waals surface area contributed by atoms with Crippen LogP contribution in [0.15, 0.2) is 18.7 Å². The maximum absolute atomic E-state index is 5.84. The zero-order valence-corrected chi connectivity index (χ0v) is 11.7. The van der Waals surface area contributed by atoms with Crippen LogP contribution in [0.5, 0.6) is 0 Å². The molecule has 3 heterocycles. The zero-order valence-electron chi connectivity index (χ0n) is 11.7. The zero-order chi connectivity index (χ0) is 12.9. The lowest BCUT2D eigenvalue weighted by molar-refractivity contribution is -0.0116. The first kappa shape index (κ1) is 13.1. The van der Waals surface area contributed by atoms with Crippen molar-refractivity contribution in [3.8, 4) is 0 Å². The lowest BCUT2D eigenvalue weighted by Gasteiger charge is -2.35. The van der Waals surface area contributed by atoms with Gasteiger partial charge in [-0.2, -0.15) is 0 Å². The SMILES string of the molecule is c1cn(CC2CCN(CC3CCCCO3)CC2)cn1. The molecule has 2 aliphatic rings. The molecule has 0 saturated carbocycles. The summed E-state index contributed by atoms with van der Waals surface area (Å²) in [5.74, 6) is 0.817. The quantitative estimate of drug-likeness (QED) is 0.834. The molecule has 3 rings (SSSR count). The predicted molar refractivity (Wildman–Crippen MR) is 75.0 cm³/mol. The molecular formula is C15H25N3O. The van der Waals surface area contributed by atoms with Gasteiger partial charge in [0.2, 0.25) is 0 Å².